The second-order valence-corrected chi connectivity index (χ2v) is 7.60. The summed E-state index contributed by atoms with van der Waals surface area (Å²) in [5.74, 6) is 0.351. The number of hydrogen-bond donors (Lipinski definition) is 0. The summed E-state index contributed by atoms with van der Waals surface area (Å²) in [6.45, 7) is 3.34. The number of carbonyl (C=O) groups is 2. The molecule has 1 fully saturated rings. The molecule has 0 aliphatic carbocycles. The molecular formula is C20H23NO2S. The largest absolute Gasteiger partial charge is 0.338 e. The summed E-state index contributed by atoms with van der Waals surface area (Å²) in [6, 6.07) is 12.1. The molecule has 1 aromatic carbocycles. The quantitative estimate of drug-likeness (QED) is 0.821. The number of piperidine rings is 1. The summed E-state index contributed by atoms with van der Waals surface area (Å²) < 4.78 is 0. The summed E-state index contributed by atoms with van der Waals surface area (Å²) in [4.78, 5) is 28.1. The number of aryl methyl sites for hydroxylation is 2. The number of rotatable bonds is 5. The molecule has 4 heteroatoms. The van der Waals surface area contributed by atoms with Crippen LogP contribution in [0.25, 0.3) is 0 Å². The molecule has 0 bridgehead atoms. The van der Waals surface area contributed by atoms with E-state index in [9.17, 15) is 9.59 Å². The van der Waals surface area contributed by atoms with Crippen molar-refractivity contribution in [1.29, 1.82) is 0 Å². The smallest absolute Gasteiger partial charge is 0.254 e. The lowest BCUT2D eigenvalue weighted by atomic mass is 9.90. The Kier molecular flexibility index (Phi) is 5.46. The number of amides is 1. The van der Waals surface area contributed by atoms with E-state index >= 15 is 0 Å². The fourth-order valence-electron chi connectivity index (χ4n) is 3.28. The maximum Gasteiger partial charge on any atom is 0.254 e. The predicted octanol–water partition coefficient (Wildman–Crippen LogP) is 4.11. The van der Waals surface area contributed by atoms with Crippen LogP contribution in [0.4, 0.5) is 0 Å². The predicted molar refractivity (Wildman–Crippen MR) is 97.5 cm³/mol. The van der Waals surface area contributed by atoms with E-state index in [2.05, 4.69) is 12.1 Å². The van der Waals surface area contributed by atoms with Gasteiger partial charge in [-0.15, -0.1) is 11.3 Å². The normalized spacial score (nSPS) is 17.7. The number of thiophene rings is 1. The van der Waals surface area contributed by atoms with E-state index in [-0.39, 0.29) is 17.6 Å². The molecule has 126 valence electrons. The topological polar surface area (TPSA) is 37.4 Å². The first-order chi connectivity index (χ1) is 11.6. The van der Waals surface area contributed by atoms with Crippen molar-refractivity contribution in [3.8, 4) is 0 Å². The van der Waals surface area contributed by atoms with Crippen molar-refractivity contribution in [3.63, 3.8) is 0 Å². The third-order valence-electron chi connectivity index (χ3n) is 4.64. The zero-order valence-corrected chi connectivity index (χ0v) is 14.8. The maximum absolute atomic E-state index is 12.6. The summed E-state index contributed by atoms with van der Waals surface area (Å²) in [5, 5.41) is 1.92. The first-order valence-corrected chi connectivity index (χ1v) is 9.42. The number of benzene rings is 1. The Bertz CT molecular complexity index is 707. The molecule has 0 radical (unpaired) electrons. The minimum Gasteiger partial charge on any atom is -0.338 e. The van der Waals surface area contributed by atoms with Gasteiger partial charge in [0.1, 0.15) is 5.78 Å². The van der Waals surface area contributed by atoms with Crippen molar-refractivity contribution in [2.75, 3.05) is 13.1 Å². The molecule has 1 aliphatic rings. The number of likely N-dealkylation sites (tertiary alicyclic amines) is 1. The first-order valence-electron chi connectivity index (χ1n) is 8.54. The molecule has 1 atom stereocenters. The van der Waals surface area contributed by atoms with Crippen LogP contribution < -0.4 is 0 Å². The Balaban J connectivity index is 1.56. The molecule has 2 aromatic rings. The molecule has 1 amide bonds. The number of nitrogens with zero attached hydrogens (tertiary/aromatic N) is 1. The van der Waals surface area contributed by atoms with Crippen molar-refractivity contribution in [3.05, 3.63) is 57.8 Å². The highest BCUT2D eigenvalue weighted by Gasteiger charge is 2.28. The average Bonchev–Trinajstić information content (AvgIpc) is 3.06. The van der Waals surface area contributed by atoms with Gasteiger partial charge in [0, 0.05) is 35.7 Å². The van der Waals surface area contributed by atoms with Gasteiger partial charge < -0.3 is 4.90 Å². The molecule has 3 nitrogen and oxygen atoms in total. The Morgan fingerprint density at radius 3 is 2.75 bits per heavy atom. The minimum absolute atomic E-state index is 0.00820. The van der Waals surface area contributed by atoms with Gasteiger partial charge in [0.2, 0.25) is 0 Å². The van der Waals surface area contributed by atoms with Gasteiger partial charge >= 0.3 is 0 Å². The van der Waals surface area contributed by atoms with Crippen LogP contribution >= 0.6 is 11.3 Å². The van der Waals surface area contributed by atoms with Crippen LogP contribution in [0.1, 0.15) is 40.1 Å². The molecule has 0 unspecified atom stereocenters. The highest BCUT2D eigenvalue weighted by atomic mass is 32.1. The number of Topliss-reactive ketones (excluding diaryl/α,β-unsaturated/α-hetero) is 1. The van der Waals surface area contributed by atoms with Crippen molar-refractivity contribution in [2.45, 2.75) is 32.6 Å². The van der Waals surface area contributed by atoms with Gasteiger partial charge in [-0.2, -0.15) is 0 Å². The lowest BCUT2D eigenvalue weighted by molar-refractivity contribution is -0.124. The van der Waals surface area contributed by atoms with Gasteiger partial charge in [0.05, 0.1) is 5.56 Å². The van der Waals surface area contributed by atoms with Gasteiger partial charge in [-0.1, -0.05) is 30.3 Å². The minimum atomic E-state index is -0.00820. The lowest BCUT2D eigenvalue weighted by Gasteiger charge is -2.32. The van der Waals surface area contributed by atoms with Gasteiger partial charge in [0.25, 0.3) is 5.91 Å². The van der Waals surface area contributed by atoms with E-state index in [1.54, 1.807) is 11.3 Å². The van der Waals surface area contributed by atoms with Crippen LogP contribution in [0.5, 0.6) is 0 Å². The van der Waals surface area contributed by atoms with Gasteiger partial charge in [-0.05, 0) is 37.8 Å². The van der Waals surface area contributed by atoms with Crippen LogP contribution in [-0.2, 0) is 11.2 Å². The number of carbonyl (C=O) groups excluding carboxylic acids is 2. The molecule has 0 N–H and O–H groups in total. The zero-order valence-electron chi connectivity index (χ0n) is 14.0. The number of hydrogen-bond acceptors (Lipinski definition) is 3. The molecule has 24 heavy (non-hydrogen) atoms. The summed E-state index contributed by atoms with van der Waals surface area (Å²) in [5.41, 5.74) is 1.96. The summed E-state index contributed by atoms with van der Waals surface area (Å²) >= 11 is 1.60. The Hall–Kier alpha value is -1.94. The molecule has 1 aliphatic heterocycles. The van der Waals surface area contributed by atoms with Crippen LogP contribution in [0, 0.1) is 12.8 Å². The number of ketones is 1. The lowest BCUT2D eigenvalue weighted by Crippen LogP contribution is -2.42. The van der Waals surface area contributed by atoms with Gasteiger partial charge in [-0.3, -0.25) is 9.59 Å². The van der Waals surface area contributed by atoms with E-state index in [1.807, 2.05) is 41.5 Å². The Labute approximate surface area is 147 Å². The third-order valence-corrected chi connectivity index (χ3v) is 5.51. The van der Waals surface area contributed by atoms with Crippen molar-refractivity contribution < 1.29 is 9.59 Å². The Morgan fingerprint density at radius 2 is 2.04 bits per heavy atom. The molecular weight excluding hydrogens is 318 g/mol. The fraction of sp³-hybridized carbons (Fsp3) is 0.400. The summed E-state index contributed by atoms with van der Waals surface area (Å²) in [7, 11) is 0. The summed E-state index contributed by atoms with van der Waals surface area (Å²) in [6.07, 6.45) is 3.17. The average molecular weight is 341 g/mol. The molecule has 1 saturated heterocycles. The zero-order chi connectivity index (χ0) is 16.9. The fourth-order valence-corrected chi connectivity index (χ4v) is 3.96. The second-order valence-electron chi connectivity index (χ2n) is 6.49. The first kappa shape index (κ1) is 16.9. The highest BCUT2D eigenvalue weighted by molar-refractivity contribution is 7.10. The van der Waals surface area contributed by atoms with Crippen molar-refractivity contribution in [2.24, 2.45) is 5.92 Å². The van der Waals surface area contributed by atoms with Crippen molar-refractivity contribution in [1.82, 2.24) is 4.90 Å². The molecule has 1 aromatic heterocycles. The van der Waals surface area contributed by atoms with Crippen LogP contribution in [-0.4, -0.2) is 29.7 Å². The SMILES string of the molecule is Cc1cc(C(=O)N2CCC[C@H](C(=O)CCc3ccccc3)C2)cs1. The van der Waals surface area contributed by atoms with Gasteiger partial charge in [0.15, 0.2) is 0 Å². The van der Waals surface area contributed by atoms with E-state index < -0.39 is 0 Å². The second kappa shape index (κ2) is 7.75. The van der Waals surface area contributed by atoms with Crippen LogP contribution in [0.3, 0.4) is 0 Å². The van der Waals surface area contributed by atoms with Crippen LogP contribution in [0.2, 0.25) is 0 Å². The highest BCUT2D eigenvalue weighted by Crippen LogP contribution is 2.23. The third kappa shape index (κ3) is 4.12. The van der Waals surface area contributed by atoms with E-state index in [1.165, 1.54) is 5.56 Å². The molecule has 0 saturated carbocycles. The van der Waals surface area contributed by atoms with Gasteiger partial charge in [-0.25, -0.2) is 0 Å². The maximum atomic E-state index is 12.6. The standard InChI is InChI=1S/C20H23NO2S/c1-15-12-18(14-24-15)20(23)21-11-5-8-17(13-21)19(22)10-9-16-6-3-2-4-7-16/h2-4,6-7,12,14,17H,5,8-11,13H2,1H3/t17-/m0/s1. The van der Waals surface area contributed by atoms with Crippen LogP contribution in [0.15, 0.2) is 41.8 Å². The van der Waals surface area contributed by atoms with E-state index in [4.69, 9.17) is 0 Å². The molecule has 3 rings (SSSR count). The molecule has 2 heterocycles. The Morgan fingerprint density at radius 1 is 1.25 bits per heavy atom. The van der Waals surface area contributed by atoms with E-state index in [0.717, 1.165) is 36.2 Å². The van der Waals surface area contributed by atoms with Crippen molar-refractivity contribution >= 4 is 23.0 Å². The molecule has 0 spiro atoms. The monoisotopic (exact) mass is 341 g/mol. The van der Waals surface area contributed by atoms with E-state index in [0.29, 0.717) is 13.0 Å².